The molecule has 0 fully saturated rings. The summed E-state index contributed by atoms with van der Waals surface area (Å²) in [6.45, 7) is 2.27. The van der Waals surface area contributed by atoms with Crippen LogP contribution in [0.15, 0.2) is 42.5 Å². The molecule has 2 aromatic rings. The van der Waals surface area contributed by atoms with Gasteiger partial charge < -0.3 is 10.1 Å². The first-order valence-corrected chi connectivity index (χ1v) is 6.28. The van der Waals surface area contributed by atoms with Gasteiger partial charge in [-0.3, -0.25) is 0 Å². The van der Waals surface area contributed by atoms with Crippen LogP contribution in [0.1, 0.15) is 11.1 Å². The number of ether oxygens (including phenoxy) is 1. The third kappa shape index (κ3) is 3.48. The van der Waals surface area contributed by atoms with Gasteiger partial charge in [0, 0.05) is 12.1 Å². The summed E-state index contributed by atoms with van der Waals surface area (Å²) in [7, 11) is 0. The van der Waals surface area contributed by atoms with Gasteiger partial charge in [-0.15, -0.1) is 0 Å². The monoisotopic (exact) mass is 270 g/mol. The fraction of sp³-hybridized carbons (Fsp3) is 0.188. The minimum Gasteiger partial charge on any atom is -0.478 e. The number of anilines is 1. The van der Waals surface area contributed by atoms with Crippen molar-refractivity contribution in [3.63, 3.8) is 0 Å². The molecule has 2 aromatic carbocycles. The number of aryl methyl sites for hydroxylation is 1. The number of rotatable bonds is 5. The number of nitrogens with zero attached hydrogens (tertiary/aromatic N) is 1. The molecule has 2 rings (SSSR count). The van der Waals surface area contributed by atoms with Crippen molar-refractivity contribution in [1.29, 1.82) is 5.26 Å². The molecule has 20 heavy (non-hydrogen) atoms. The third-order valence-electron chi connectivity index (χ3n) is 2.86. The van der Waals surface area contributed by atoms with Crippen molar-refractivity contribution in [2.75, 3.05) is 11.9 Å². The maximum atomic E-state index is 13.7. The average molecular weight is 270 g/mol. The Morgan fingerprint density at radius 3 is 2.80 bits per heavy atom. The highest BCUT2D eigenvalue weighted by Gasteiger charge is 2.05. The lowest BCUT2D eigenvalue weighted by Gasteiger charge is -2.12. The minimum absolute atomic E-state index is 0.00406. The minimum atomic E-state index is -0.277. The van der Waals surface area contributed by atoms with Crippen LogP contribution in [0, 0.1) is 24.1 Å². The molecule has 102 valence electrons. The van der Waals surface area contributed by atoms with Gasteiger partial charge in [-0.2, -0.15) is 5.26 Å². The Hall–Kier alpha value is -2.54. The van der Waals surface area contributed by atoms with E-state index in [2.05, 4.69) is 5.32 Å². The van der Waals surface area contributed by atoms with Crippen LogP contribution in [0.5, 0.6) is 5.75 Å². The molecule has 0 aliphatic heterocycles. The molecule has 0 aliphatic carbocycles. The second-order valence-corrected chi connectivity index (χ2v) is 4.39. The van der Waals surface area contributed by atoms with Crippen LogP contribution >= 0.6 is 0 Å². The normalized spacial score (nSPS) is 9.85. The van der Waals surface area contributed by atoms with Crippen LogP contribution in [-0.4, -0.2) is 6.61 Å². The van der Waals surface area contributed by atoms with Crippen LogP contribution in [-0.2, 0) is 6.54 Å². The number of para-hydroxylation sites is 1. The Morgan fingerprint density at radius 1 is 1.25 bits per heavy atom. The zero-order chi connectivity index (χ0) is 14.4. The van der Waals surface area contributed by atoms with E-state index in [-0.39, 0.29) is 12.4 Å². The highest BCUT2D eigenvalue weighted by Crippen LogP contribution is 2.21. The molecule has 1 N–H and O–H groups in total. The smallest absolute Gasteiger partial charge is 0.174 e. The first kappa shape index (κ1) is 13.9. The number of hydrogen-bond acceptors (Lipinski definition) is 3. The second kappa shape index (κ2) is 6.58. The molecule has 0 aromatic heterocycles. The Labute approximate surface area is 117 Å². The van der Waals surface area contributed by atoms with Gasteiger partial charge in [-0.05, 0) is 30.7 Å². The Kier molecular flexibility index (Phi) is 4.56. The summed E-state index contributed by atoms with van der Waals surface area (Å²) in [4.78, 5) is 0. The van der Waals surface area contributed by atoms with Crippen LogP contribution in [0.25, 0.3) is 0 Å². The molecule has 3 nitrogen and oxygen atoms in total. The van der Waals surface area contributed by atoms with Crippen LogP contribution < -0.4 is 10.1 Å². The van der Waals surface area contributed by atoms with Crippen molar-refractivity contribution < 1.29 is 9.13 Å². The van der Waals surface area contributed by atoms with Gasteiger partial charge in [0.05, 0.1) is 5.69 Å². The van der Waals surface area contributed by atoms with Gasteiger partial charge in [0.25, 0.3) is 0 Å². The summed E-state index contributed by atoms with van der Waals surface area (Å²) in [5, 5.41) is 11.6. The molecule has 0 amide bonds. The zero-order valence-electron chi connectivity index (χ0n) is 11.2. The van der Waals surface area contributed by atoms with E-state index in [4.69, 9.17) is 10.00 Å². The van der Waals surface area contributed by atoms with E-state index in [9.17, 15) is 4.39 Å². The predicted octanol–water partition coefficient (Wildman–Crippen LogP) is 3.65. The van der Waals surface area contributed by atoms with Gasteiger partial charge in [-0.1, -0.05) is 24.3 Å². The molecule has 0 bridgehead atoms. The van der Waals surface area contributed by atoms with Crippen molar-refractivity contribution in [2.45, 2.75) is 13.5 Å². The summed E-state index contributed by atoms with van der Waals surface area (Å²) in [6.07, 6.45) is 0. The second-order valence-electron chi connectivity index (χ2n) is 4.39. The van der Waals surface area contributed by atoms with Gasteiger partial charge in [0.2, 0.25) is 0 Å². The molecule has 0 radical (unpaired) electrons. The molecule has 0 atom stereocenters. The van der Waals surface area contributed by atoms with Crippen molar-refractivity contribution in [3.05, 3.63) is 59.4 Å². The summed E-state index contributed by atoms with van der Waals surface area (Å²) < 4.78 is 19.0. The van der Waals surface area contributed by atoms with E-state index in [0.717, 1.165) is 11.1 Å². The molecule has 0 aliphatic rings. The maximum Gasteiger partial charge on any atom is 0.174 e. The van der Waals surface area contributed by atoms with Gasteiger partial charge >= 0.3 is 0 Å². The van der Waals surface area contributed by atoms with Crippen molar-refractivity contribution in [2.24, 2.45) is 0 Å². The topological polar surface area (TPSA) is 45.0 Å². The number of hydrogen-bond donors (Lipinski definition) is 1. The number of nitrogens with one attached hydrogen (secondary N) is 1. The zero-order valence-corrected chi connectivity index (χ0v) is 11.2. The Bertz CT molecular complexity index is 635. The van der Waals surface area contributed by atoms with Crippen LogP contribution in [0.3, 0.4) is 0 Å². The van der Waals surface area contributed by atoms with Crippen molar-refractivity contribution in [3.8, 4) is 11.8 Å². The molecule has 0 unspecified atom stereocenters. The largest absolute Gasteiger partial charge is 0.478 e. The lowest BCUT2D eigenvalue weighted by Crippen LogP contribution is -2.04. The lowest BCUT2D eigenvalue weighted by atomic mass is 10.2. The SMILES string of the molecule is Cc1ccc(NCc2ccccc2OCC#N)c(F)c1. The highest BCUT2D eigenvalue weighted by atomic mass is 19.1. The van der Waals surface area contributed by atoms with E-state index in [1.165, 1.54) is 6.07 Å². The summed E-state index contributed by atoms with van der Waals surface area (Å²) in [6, 6.07) is 14.4. The summed E-state index contributed by atoms with van der Waals surface area (Å²) in [5.74, 6) is 0.356. The van der Waals surface area contributed by atoms with Crippen LogP contribution in [0.4, 0.5) is 10.1 Å². The van der Waals surface area contributed by atoms with Gasteiger partial charge in [-0.25, -0.2) is 4.39 Å². The van der Waals surface area contributed by atoms with Crippen molar-refractivity contribution in [1.82, 2.24) is 0 Å². The summed E-state index contributed by atoms with van der Waals surface area (Å²) in [5.41, 5.74) is 2.21. The molecule has 0 spiro atoms. The van der Waals surface area contributed by atoms with E-state index in [0.29, 0.717) is 18.0 Å². The first-order valence-electron chi connectivity index (χ1n) is 6.28. The summed E-state index contributed by atoms with van der Waals surface area (Å²) >= 11 is 0. The first-order chi connectivity index (χ1) is 9.70. The maximum absolute atomic E-state index is 13.7. The third-order valence-corrected chi connectivity index (χ3v) is 2.86. The predicted molar refractivity (Wildman–Crippen MR) is 76.0 cm³/mol. The van der Waals surface area contributed by atoms with E-state index in [1.807, 2.05) is 37.3 Å². The fourth-order valence-corrected chi connectivity index (χ4v) is 1.85. The molecule has 0 heterocycles. The molecule has 4 heteroatoms. The van der Waals surface area contributed by atoms with E-state index in [1.54, 1.807) is 12.1 Å². The lowest BCUT2D eigenvalue weighted by molar-refractivity contribution is 0.364. The average Bonchev–Trinajstić information content (AvgIpc) is 2.45. The van der Waals surface area contributed by atoms with Gasteiger partial charge in [0.15, 0.2) is 6.61 Å². The highest BCUT2D eigenvalue weighted by molar-refractivity contribution is 5.47. The van der Waals surface area contributed by atoms with Crippen molar-refractivity contribution >= 4 is 5.69 Å². The fourth-order valence-electron chi connectivity index (χ4n) is 1.85. The van der Waals surface area contributed by atoms with Gasteiger partial charge in [0.1, 0.15) is 17.6 Å². The molecule has 0 saturated heterocycles. The number of benzene rings is 2. The quantitative estimate of drug-likeness (QED) is 0.902. The van der Waals surface area contributed by atoms with E-state index < -0.39 is 0 Å². The molecule has 0 saturated carbocycles. The van der Waals surface area contributed by atoms with Crippen LogP contribution in [0.2, 0.25) is 0 Å². The Balaban J connectivity index is 2.09. The molecular formula is C16H15FN2O. The molecular weight excluding hydrogens is 255 g/mol. The number of nitriles is 1. The number of halogens is 1. The van der Waals surface area contributed by atoms with E-state index >= 15 is 0 Å². The standard InChI is InChI=1S/C16H15FN2O/c1-12-6-7-15(14(17)10-12)19-11-13-4-2-3-5-16(13)20-9-8-18/h2-7,10,19H,9,11H2,1H3. The Morgan fingerprint density at radius 2 is 2.05 bits per heavy atom.